The lowest BCUT2D eigenvalue weighted by atomic mass is 10.0. The van der Waals surface area contributed by atoms with Gasteiger partial charge in [0.05, 0.1) is 7.11 Å². The van der Waals surface area contributed by atoms with Crippen molar-refractivity contribution in [3.05, 3.63) is 23.8 Å². The van der Waals surface area contributed by atoms with Crippen LogP contribution in [0, 0.1) is 0 Å². The molecule has 0 bridgehead atoms. The molecule has 1 fully saturated rings. The zero-order valence-corrected chi connectivity index (χ0v) is 11.9. The Bertz CT molecular complexity index is 403. The average molecular weight is 264 g/mol. The summed E-state index contributed by atoms with van der Waals surface area (Å²) in [7, 11) is 3.67. The summed E-state index contributed by atoms with van der Waals surface area (Å²) >= 11 is 0. The van der Waals surface area contributed by atoms with Crippen LogP contribution in [0.4, 0.5) is 0 Å². The van der Waals surface area contributed by atoms with Crippen LogP contribution in [0.5, 0.6) is 11.5 Å². The topological polar surface area (TPSA) is 44.7 Å². The van der Waals surface area contributed by atoms with Crippen molar-refractivity contribution in [1.29, 1.82) is 0 Å². The molecule has 0 saturated carbocycles. The maximum Gasteiger partial charge on any atom is 0.162 e. The van der Waals surface area contributed by atoms with Gasteiger partial charge >= 0.3 is 0 Å². The van der Waals surface area contributed by atoms with Gasteiger partial charge in [0.1, 0.15) is 0 Å². The number of piperidine rings is 1. The van der Waals surface area contributed by atoms with Crippen molar-refractivity contribution in [3.63, 3.8) is 0 Å². The van der Waals surface area contributed by atoms with Crippen LogP contribution in [0.2, 0.25) is 0 Å². The lowest BCUT2D eigenvalue weighted by molar-refractivity contribution is 0.253. The second-order valence-electron chi connectivity index (χ2n) is 5.31. The molecule has 1 aromatic carbocycles. The third kappa shape index (κ3) is 3.85. The van der Waals surface area contributed by atoms with Gasteiger partial charge in [-0.1, -0.05) is 18.6 Å². The fourth-order valence-corrected chi connectivity index (χ4v) is 2.67. The minimum Gasteiger partial charge on any atom is -0.504 e. The van der Waals surface area contributed by atoms with Gasteiger partial charge in [-0.25, -0.2) is 0 Å². The monoisotopic (exact) mass is 264 g/mol. The zero-order chi connectivity index (χ0) is 13.7. The van der Waals surface area contributed by atoms with E-state index in [1.807, 2.05) is 12.1 Å². The van der Waals surface area contributed by atoms with Gasteiger partial charge in [0.15, 0.2) is 11.5 Å². The lowest BCUT2D eigenvalue weighted by Gasteiger charge is -2.28. The lowest BCUT2D eigenvalue weighted by Crippen LogP contribution is -2.42. The Morgan fingerprint density at radius 2 is 2.26 bits per heavy atom. The smallest absolute Gasteiger partial charge is 0.162 e. The molecule has 1 aromatic rings. The van der Waals surface area contributed by atoms with Crippen molar-refractivity contribution in [3.8, 4) is 11.5 Å². The highest BCUT2D eigenvalue weighted by atomic mass is 16.5. The normalized spacial score (nSPS) is 19.6. The third-order valence-electron chi connectivity index (χ3n) is 3.69. The molecule has 4 heteroatoms. The molecule has 1 atom stereocenters. The van der Waals surface area contributed by atoms with Crippen LogP contribution in [-0.2, 0) is 6.54 Å². The molecule has 1 unspecified atom stereocenters. The van der Waals surface area contributed by atoms with Crippen molar-refractivity contribution in [1.82, 2.24) is 10.2 Å². The highest BCUT2D eigenvalue weighted by Crippen LogP contribution is 2.30. The zero-order valence-electron chi connectivity index (χ0n) is 11.9. The Balaban J connectivity index is 1.92. The molecule has 2 N–H and O–H groups in total. The SMILES string of the molecule is COc1cccc(CN(C)CC2CCCCN2)c1O. The van der Waals surface area contributed by atoms with Gasteiger partial charge in [-0.2, -0.15) is 0 Å². The quantitative estimate of drug-likeness (QED) is 0.853. The largest absolute Gasteiger partial charge is 0.504 e. The summed E-state index contributed by atoms with van der Waals surface area (Å²) in [4.78, 5) is 2.25. The Kier molecular flexibility index (Phi) is 5.05. The number of likely N-dealkylation sites (N-methyl/N-ethyl adjacent to an activating group) is 1. The van der Waals surface area contributed by atoms with E-state index in [2.05, 4.69) is 17.3 Å². The van der Waals surface area contributed by atoms with Crippen LogP contribution in [0.1, 0.15) is 24.8 Å². The van der Waals surface area contributed by atoms with E-state index in [1.165, 1.54) is 19.3 Å². The summed E-state index contributed by atoms with van der Waals surface area (Å²) in [6.07, 6.45) is 3.85. The highest BCUT2D eigenvalue weighted by Gasteiger charge is 2.16. The number of aromatic hydroxyl groups is 1. The molecule has 1 heterocycles. The van der Waals surface area contributed by atoms with Gasteiger partial charge in [0.2, 0.25) is 0 Å². The van der Waals surface area contributed by atoms with Crippen LogP contribution in [0.25, 0.3) is 0 Å². The predicted octanol–water partition coefficient (Wildman–Crippen LogP) is 1.97. The van der Waals surface area contributed by atoms with E-state index in [0.29, 0.717) is 11.8 Å². The van der Waals surface area contributed by atoms with Gasteiger partial charge < -0.3 is 20.1 Å². The first-order valence-electron chi connectivity index (χ1n) is 6.97. The number of phenols is 1. The number of nitrogens with one attached hydrogen (secondary N) is 1. The molecule has 1 saturated heterocycles. The number of nitrogens with zero attached hydrogens (tertiary/aromatic N) is 1. The van der Waals surface area contributed by atoms with Gasteiger partial charge in [0, 0.05) is 24.7 Å². The molecule has 1 aliphatic heterocycles. The summed E-state index contributed by atoms with van der Waals surface area (Å²) in [5.41, 5.74) is 0.914. The Morgan fingerprint density at radius 1 is 1.42 bits per heavy atom. The highest BCUT2D eigenvalue weighted by molar-refractivity contribution is 5.45. The molecular weight excluding hydrogens is 240 g/mol. The van der Waals surface area contributed by atoms with Crippen molar-refractivity contribution in [2.75, 3.05) is 27.2 Å². The van der Waals surface area contributed by atoms with E-state index >= 15 is 0 Å². The Morgan fingerprint density at radius 3 is 2.95 bits per heavy atom. The number of hydrogen-bond acceptors (Lipinski definition) is 4. The summed E-state index contributed by atoms with van der Waals surface area (Å²) in [5, 5.41) is 13.6. The van der Waals surface area contributed by atoms with Crippen LogP contribution >= 0.6 is 0 Å². The van der Waals surface area contributed by atoms with E-state index < -0.39 is 0 Å². The number of benzene rings is 1. The van der Waals surface area contributed by atoms with Crippen molar-refractivity contribution >= 4 is 0 Å². The maximum absolute atomic E-state index is 10.1. The Hall–Kier alpha value is -1.26. The van der Waals surface area contributed by atoms with Gasteiger partial charge in [0.25, 0.3) is 0 Å². The second-order valence-corrected chi connectivity index (χ2v) is 5.31. The van der Waals surface area contributed by atoms with E-state index in [1.54, 1.807) is 13.2 Å². The van der Waals surface area contributed by atoms with Gasteiger partial charge in [-0.05, 0) is 32.5 Å². The number of ether oxygens (including phenoxy) is 1. The number of phenolic OH excluding ortho intramolecular Hbond substituents is 1. The van der Waals surface area contributed by atoms with E-state index in [0.717, 1.165) is 25.2 Å². The number of hydrogen-bond donors (Lipinski definition) is 2. The summed E-state index contributed by atoms with van der Waals surface area (Å²) in [5.74, 6) is 0.801. The third-order valence-corrected chi connectivity index (χ3v) is 3.69. The average Bonchev–Trinajstić information content (AvgIpc) is 2.42. The minimum absolute atomic E-state index is 0.258. The van der Waals surface area contributed by atoms with Crippen LogP contribution in [-0.4, -0.2) is 43.3 Å². The molecule has 0 spiro atoms. The second kappa shape index (κ2) is 6.78. The fourth-order valence-electron chi connectivity index (χ4n) is 2.67. The molecule has 4 nitrogen and oxygen atoms in total. The summed E-state index contributed by atoms with van der Waals surface area (Å²) in [6.45, 7) is 2.88. The summed E-state index contributed by atoms with van der Waals surface area (Å²) < 4.78 is 5.14. The Labute approximate surface area is 115 Å². The predicted molar refractivity (Wildman–Crippen MR) is 76.6 cm³/mol. The molecule has 0 aliphatic carbocycles. The van der Waals surface area contributed by atoms with E-state index in [9.17, 15) is 5.11 Å². The molecule has 106 valence electrons. The van der Waals surface area contributed by atoms with E-state index in [4.69, 9.17) is 4.74 Å². The summed E-state index contributed by atoms with van der Waals surface area (Å²) in [6, 6.07) is 6.22. The van der Waals surface area contributed by atoms with Crippen LogP contribution in [0.3, 0.4) is 0 Å². The first kappa shape index (κ1) is 14.2. The first-order valence-corrected chi connectivity index (χ1v) is 6.97. The number of methoxy groups -OCH3 is 1. The van der Waals surface area contributed by atoms with Crippen molar-refractivity contribution in [2.45, 2.75) is 31.8 Å². The molecular formula is C15H24N2O2. The van der Waals surface area contributed by atoms with Gasteiger partial charge in [-0.3, -0.25) is 0 Å². The molecule has 1 aliphatic rings. The standard InChI is InChI=1S/C15H24N2O2/c1-17(11-13-7-3-4-9-16-13)10-12-6-5-8-14(19-2)15(12)18/h5-6,8,13,16,18H,3-4,7,9-11H2,1-2H3. The van der Waals surface area contributed by atoms with Crippen molar-refractivity contribution in [2.24, 2.45) is 0 Å². The molecule has 0 amide bonds. The van der Waals surface area contributed by atoms with Crippen LogP contribution < -0.4 is 10.1 Å². The molecule has 0 aromatic heterocycles. The number of rotatable bonds is 5. The maximum atomic E-state index is 10.1. The van der Waals surface area contributed by atoms with Gasteiger partial charge in [-0.15, -0.1) is 0 Å². The minimum atomic E-state index is 0.258. The molecule has 19 heavy (non-hydrogen) atoms. The molecule has 2 rings (SSSR count). The van der Waals surface area contributed by atoms with E-state index in [-0.39, 0.29) is 5.75 Å². The first-order chi connectivity index (χ1) is 9.20. The fraction of sp³-hybridized carbons (Fsp3) is 0.600. The number of para-hydroxylation sites is 1. The van der Waals surface area contributed by atoms with Crippen molar-refractivity contribution < 1.29 is 9.84 Å². The molecule has 0 radical (unpaired) electrons. The van der Waals surface area contributed by atoms with Crippen LogP contribution in [0.15, 0.2) is 18.2 Å².